The van der Waals surface area contributed by atoms with Crippen molar-refractivity contribution in [2.24, 2.45) is 0 Å². The van der Waals surface area contributed by atoms with Gasteiger partial charge in [0.1, 0.15) is 0 Å². The van der Waals surface area contributed by atoms with Crippen molar-refractivity contribution in [2.45, 2.75) is 26.7 Å². The van der Waals surface area contributed by atoms with E-state index >= 15 is 0 Å². The average molecular weight is 245 g/mol. The second kappa shape index (κ2) is 8.54. The fourth-order valence-electron chi connectivity index (χ4n) is 1.67. The first-order valence-electron chi connectivity index (χ1n) is 6.43. The van der Waals surface area contributed by atoms with Crippen LogP contribution in [0.4, 0.5) is 5.69 Å². The molecule has 0 aliphatic carbocycles. The van der Waals surface area contributed by atoms with E-state index in [1.54, 1.807) is 0 Å². The molecule has 0 bridgehead atoms. The van der Waals surface area contributed by atoms with Gasteiger partial charge < -0.3 is 10.4 Å². The van der Waals surface area contributed by atoms with Crippen LogP contribution in [-0.2, 0) is 0 Å². The minimum Gasteiger partial charge on any atom is -0.392 e. The largest absolute Gasteiger partial charge is 0.392 e. The maximum absolute atomic E-state index is 8.75. The number of hydrogen-bond donors (Lipinski definition) is 2. The van der Waals surface area contributed by atoms with Crippen LogP contribution in [0.25, 0.3) is 0 Å². The van der Waals surface area contributed by atoms with E-state index in [0.29, 0.717) is 0 Å². The number of rotatable bonds is 7. The number of benzene rings is 1. The number of allylic oxidation sites excluding steroid dienone is 2. The summed E-state index contributed by atoms with van der Waals surface area (Å²) in [5.41, 5.74) is 3.75. The quantitative estimate of drug-likeness (QED) is 0.717. The van der Waals surface area contributed by atoms with Gasteiger partial charge in [-0.1, -0.05) is 41.5 Å². The van der Waals surface area contributed by atoms with Crippen LogP contribution >= 0.6 is 0 Å². The van der Waals surface area contributed by atoms with Gasteiger partial charge in [0.05, 0.1) is 6.61 Å². The normalized spacial score (nSPS) is 12.6. The van der Waals surface area contributed by atoms with Gasteiger partial charge in [-0.15, -0.1) is 0 Å². The van der Waals surface area contributed by atoms with Crippen molar-refractivity contribution in [1.82, 2.24) is 0 Å². The van der Waals surface area contributed by atoms with Crippen LogP contribution in [0.1, 0.15) is 26.7 Å². The summed E-state index contributed by atoms with van der Waals surface area (Å²) in [7, 11) is 0. The lowest BCUT2D eigenvalue weighted by Crippen LogP contribution is -2.02. The van der Waals surface area contributed by atoms with Crippen molar-refractivity contribution < 1.29 is 5.11 Å². The first kappa shape index (κ1) is 14.5. The van der Waals surface area contributed by atoms with Gasteiger partial charge >= 0.3 is 0 Å². The Balaban J connectivity index is 2.28. The van der Waals surface area contributed by atoms with Gasteiger partial charge in [0.15, 0.2) is 0 Å². The highest BCUT2D eigenvalue weighted by Gasteiger charge is 1.92. The van der Waals surface area contributed by atoms with Gasteiger partial charge in [-0.05, 0) is 38.8 Å². The Hall–Kier alpha value is -1.54. The van der Waals surface area contributed by atoms with Crippen molar-refractivity contribution in [1.29, 1.82) is 0 Å². The minimum absolute atomic E-state index is 0.143. The zero-order valence-corrected chi connectivity index (χ0v) is 11.3. The summed E-state index contributed by atoms with van der Waals surface area (Å²) in [5, 5.41) is 12.1. The van der Waals surface area contributed by atoms with Gasteiger partial charge in [0.2, 0.25) is 0 Å². The molecule has 1 aromatic rings. The third-order valence-electron chi connectivity index (χ3n) is 2.82. The third-order valence-corrected chi connectivity index (χ3v) is 2.82. The molecule has 98 valence electrons. The maximum Gasteiger partial charge on any atom is 0.0614 e. The molecule has 0 heterocycles. The summed E-state index contributed by atoms with van der Waals surface area (Å²) in [6, 6.07) is 10.2. The van der Waals surface area contributed by atoms with Crippen molar-refractivity contribution in [2.75, 3.05) is 18.5 Å². The molecule has 0 spiro atoms. The van der Waals surface area contributed by atoms with Crippen LogP contribution in [0.3, 0.4) is 0 Å². The number of nitrogens with one attached hydrogen (secondary N) is 1. The minimum atomic E-state index is 0.143. The van der Waals surface area contributed by atoms with E-state index in [0.717, 1.165) is 25.1 Å². The fourth-order valence-corrected chi connectivity index (χ4v) is 1.67. The Labute approximate surface area is 110 Å². The van der Waals surface area contributed by atoms with Gasteiger partial charge in [0.25, 0.3) is 0 Å². The lowest BCUT2D eigenvalue weighted by Gasteiger charge is -2.06. The molecule has 0 aromatic heterocycles. The molecule has 1 aromatic carbocycles. The SMILES string of the molecule is CC(=CCC/C(C)=C/CO)CNc1ccccc1. The summed E-state index contributed by atoms with van der Waals surface area (Å²) >= 11 is 0. The smallest absolute Gasteiger partial charge is 0.0614 e. The third kappa shape index (κ3) is 6.26. The summed E-state index contributed by atoms with van der Waals surface area (Å²) in [6.45, 7) is 5.22. The Kier molecular flexibility index (Phi) is 6.89. The van der Waals surface area contributed by atoms with E-state index in [1.807, 2.05) is 24.3 Å². The predicted molar refractivity (Wildman–Crippen MR) is 78.8 cm³/mol. The van der Waals surface area contributed by atoms with Crippen molar-refractivity contribution in [3.63, 3.8) is 0 Å². The molecule has 18 heavy (non-hydrogen) atoms. The predicted octanol–water partition coefficient (Wildman–Crippen LogP) is 3.76. The van der Waals surface area contributed by atoms with Crippen molar-refractivity contribution in [3.05, 3.63) is 53.6 Å². The van der Waals surface area contributed by atoms with Crippen LogP contribution < -0.4 is 5.32 Å². The van der Waals surface area contributed by atoms with Crippen LogP contribution in [0.2, 0.25) is 0 Å². The van der Waals surface area contributed by atoms with E-state index < -0.39 is 0 Å². The Morgan fingerprint density at radius 1 is 1.11 bits per heavy atom. The second-order valence-electron chi connectivity index (χ2n) is 4.54. The van der Waals surface area contributed by atoms with Gasteiger partial charge in [-0.25, -0.2) is 0 Å². The highest BCUT2D eigenvalue weighted by molar-refractivity contribution is 5.43. The molecule has 0 unspecified atom stereocenters. The van der Waals surface area contributed by atoms with E-state index in [2.05, 4.69) is 37.4 Å². The maximum atomic E-state index is 8.75. The number of aliphatic hydroxyl groups excluding tert-OH is 1. The van der Waals surface area contributed by atoms with Crippen molar-refractivity contribution in [3.8, 4) is 0 Å². The highest BCUT2D eigenvalue weighted by atomic mass is 16.2. The molecule has 0 radical (unpaired) electrons. The molecule has 0 saturated carbocycles. The van der Waals surface area contributed by atoms with Crippen LogP contribution in [0.5, 0.6) is 0 Å². The zero-order chi connectivity index (χ0) is 13.2. The van der Waals surface area contributed by atoms with E-state index in [9.17, 15) is 0 Å². The molecule has 0 amide bonds. The molecule has 0 aliphatic heterocycles. The Morgan fingerprint density at radius 2 is 1.83 bits per heavy atom. The van der Waals surface area contributed by atoms with E-state index in [4.69, 9.17) is 5.11 Å². The topological polar surface area (TPSA) is 32.3 Å². The molecule has 1 rings (SSSR count). The molecule has 0 atom stereocenters. The number of hydrogen-bond acceptors (Lipinski definition) is 2. The van der Waals surface area contributed by atoms with Crippen molar-refractivity contribution >= 4 is 5.69 Å². The zero-order valence-electron chi connectivity index (χ0n) is 11.3. The summed E-state index contributed by atoms with van der Waals surface area (Å²) in [5.74, 6) is 0. The molecule has 0 fully saturated rings. The van der Waals surface area contributed by atoms with Gasteiger partial charge in [-0.3, -0.25) is 0 Å². The average Bonchev–Trinajstić information content (AvgIpc) is 2.38. The van der Waals surface area contributed by atoms with E-state index in [-0.39, 0.29) is 6.61 Å². The molecular weight excluding hydrogens is 222 g/mol. The summed E-state index contributed by atoms with van der Waals surface area (Å²) < 4.78 is 0. The second-order valence-corrected chi connectivity index (χ2v) is 4.54. The summed E-state index contributed by atoms with van der Waals surface area (Å²) in [6.07, 6.45) is 6.17. The molecule has 2 nitrogen and oxygen atoms in total. The molecule has 0 aliphatic rings. The lowest BCUT2D eigenvalue weighted by molar-refractivity contribution is 0.341. The van der Waals surface area contributed by atoms with Crippen LogP contribution in [0, 0.1) is 0 Å². The van der Waals surface area contributed by atoms with Crippen LogP contribution in [-0.4, -0.2) is 18.3 Å². The van der Waals surface area contributed by atoms with Gasteiger partial charge in [0, 0.05) is 12.2 Å². The standard InChI is InChI=1S/C16H23NO/c1-14(11-12-18)7-6-8-15(2)13-17-16-9-4-3-5-10-16/h3-5,8-11,17-18H,6-7,12-13H2,1-2H3/b14-11+,15-8?. The number of anilines is 1. The first-order chi connectivity index (χ1) is 8.72. The summed E-state index contributed by atoms with van der Waals surface area (Å²) in [4.78, 5) is 0. The molecule has 0 saturated heterocycles. The highest BCUT2D eigenvalue weighted by Crippen LogP contribution is 2.09. The Bertz CT molecular complexity index is 393. The van der Waals surface area contributed by atoms with E-state index in [1.165, 1.54) is 11.1 Å². The fraction of sp³-hybridized carbons (Fsp3) is 0.375. The van der Waals surface area contributed by atoms with Gasteiger partial charge in [-0.2, -0.15) is 0 Å². The monoisotopic (exact) mass is 245 g/mol. The van der Waals surface area contributed by atoms with Crippen LogP contribution in [0.15, 0.2) is 53.6 Å². The number of aliphatic hydroxyl groups is 1. The molecule has 2 heteroatoms. The molecular formula is C16H23NO. The Morgan fingerprint density at radius 3 is 2.50 bits per heavy atom. The lowest BCUT2D eigenvalue weighted by atomic mass is 10.1. The molecule has 2 N–H and O–H groups in total. The number of para-hydroxylation sites is 1. The first-order valence-corrected chi connectivity index (χ1v) is 6.43.